The second kappa shape index (κ2) is 6.85. The zero-order valence-electron chi connectivity index (χ0n) is 13.5. The molecular weight excluding hydrogens is 350 g/mol. The number of rotatable bonds is 4. The summed E-state index contributed by atoms with van der Waals surface area (Å²) in [4.78, 5) is 38.3. The van der Waals surface area contributed by atoms with Crippen LogP contribution in [0.4, 0.5) is 5.69 Å². The lowest BCUT2D eigenvalue weighted by Crippen LogP contribution is -2.23. The molecule has 4 aromatic rings. The Labute approximate surface area is 152 Å². The van der Waals surface area contributed by atoms with Crippen LogP contribution in [-0.4, -0.2) is 25.4 Å². The van der Waals surface area contributed by atoms with Crippen LogP contribution in [0.5, 0.6) is 0 Å². The highest BCUT2D eigenvalue weighted by atomic mass is 32.1. The fourth-order valence-electron chi connectivity index (χ4n) is 2.57. The van der Waals surface area contributed by atoms with Crippen molar-refractivity contribution in [3.63, 3.8) is 0 Å². The molecule has 0 aromatic carbocycles. The monoisotopic (exact) mass is 363 g/mol. The quantitative estimate of drug-likeness (QED) is 0.602. The number of aromatic nitrogens is 4. The molecule has 0 spiro atoms. The predicted octanol–water partition coefficient (Wildman–Crippen LogP) is 2.55. The van der Waals surface area contributed by atoms with Crippen molar-refractivity contribution in [1.29, 1.82) is 0 Å². The molecule has 26 heavy (non-hydrogen) atoms. The molecule has 4 rings (SSSR count). The van der Waals surface area contributed by atoms with Crippen molar-refractivity contribution in [3.8, 4) is 0 Å². The molecule has 0 atom stereocenters. The van der Waals surface area contributed by atoms with Crippen molar-refractivity contribution in [1.82, 2.24) is 19.5 Å². The number of nitrogens with zero attached hydrogens (tertiary/aromatic N) is 4. The van der Waals surface area contributed by atoms with Crippen molar-refractivity contribution in [2.75, 3.05) is 5.32 Å². The van der Waals surface area contributed by atoms with Crippen molar-refractivity contribution in [3.05, 3.63) is 82.2 Å². The van der Waals surface area contributed by atoms with Crippen LogP contribution in [0.2, 0.25) is 0 Å². The molecule has 1 N–H and O–H groups in total. The third kappa shape index (κ3) is 3.09. The van der Waals surface area contributed by atoms with Gasteiger partial charge in [0, 0.05) is 24.0 Å². The van der Waals surface area contributed by atoms with Gasteiger partial charge in [-0.25, -0.2) is 4.98 Å². The molecule has 4 aromatic heterocycles. The summed E-state index contributed by atoms with van der Waals surface area (Å²) in [5.41, 5.74) is 1.51. The first kappa shape index (κ1) is 16.1. The van der Waals surface area contributed by atoms with Gasteiger partial charge in [0.15, 0.2) is 0 Å². The zero-order valence-corrected chi connectivity index (χ0v) is 14.3. The van der Waals surface area contributed by atoms with Gasteiger partial charge >= 0.3 is 0 Å². The van der Waals surface area contributed by atoms with Crippen molar-refractivity contribution in [2.45, 2.75) is 6.54 Å². The molecular formula is C18H13N5O2S. The van der Waals surface area contributed by atoms with Crippen molar-refractivity contribution < 1.29 is 4.79 Å². The lowest BCUT2D eigenvalue weighted by atomic mass is 10.2. The van der Waals surface area contributed by atoms with Gasteiger partial charge in [0.2, 0.25) is 0 Å². The van der Waals surface area contributed by atoms with Gasteiger partial charge in [-0.2, -0.15) is 0 Å². The Hall–Kier alpha value is -3.39. The van der Waals surface area contributed by atoms with Gasteiger partial charge in [-0.15, -0.1) is 11.3 Å². The molecule has 4 heterocycles. The third-order valence-electron chi connectivity index (χ3n) is 3.80. The number of nitrogens with one attached hydrogen (secondary N) is 1. The first-order valence-corrected chi connectivity index (χ1v) is 8.67. The maximum atomic E-state index is 12.9. The normalized spacial score (nSPS) is 10.8. The van der Waals surface area contributed by atoms with E-state index in [-0.39, 0.29) is 11.5 Å². The molecule has 128 valence electrons. The first-order chi connectivity index (χ1) is 12.7. The number of fused-ring (bicyclic) bond motifs is 1. The van der Waals surface area contributed by atoms with E-state index in [1.54, 1.807) is 42.3 Å². The number of thiophene rings is 1. The van der Waals surface area contributed by atoms with E-state index in [0.29, 0.717) is 28.0 Å². The number of carbonyl (C=O) groups excluding carboxylic acids is 1. The van der Waals surface area contributed by atoms with Gasteiger partial charge in [0.05, 0.1) is 35.7 Å². The lowest BCUT2D eigenvalue weighted by Gasteiger charge is -2.06. The number of carbonyl (C=O) groups is 1. The third-order valence-corrected chi connectivity index (χ3v) is 4.69. The van der Waals surface area contributed by atoms with E-state index in [1.807, 2.05) is 12.1 Å². The molecule has 0 aliphatic rings. The van der Waals surface area contributed by atoms with E-state index < -0.39 is 0 Å². The van der Waals surface area contributed by atoms with E-state index >= 15 is 0 Å². The average Bonchev–Trinajstić information content (AvgIpc) is 3.11. The first-order valence-electron chi connectivity index (χ1n) is 7.79. The standard InChI is InChI=1S/C18H13N5O2S/c24-16(22-13-4-2-6-20-8-13)14-10-26-17-15(14)18(25)23(11-21-17)9-12-3-1-5-19-7-12/h1-8,10-11H,9H2,(H,22,24). The van der Waals surface area contributed by atoms with Gasteiger partial charge < -0.3 is 5.32 Å². The lowest BCUT2D eigenvalue weighted by molar-refractivity contribution is 0.102. The largest absolute Gasteiger partial charge is 0.321 e. The Morgan fingerprint density at radius 2 is 1.96 bits per heavy atom. The van der Waals surface area contributed by atoms with E-state index in [1.165, 1.54) is 22.2 Å². The summed E-state index contributed by atoms with van der Waals surface area (Å²) in [5.74, 6) is -0.359. The fourth-order valence-corrected chi connectivity index (χ4v) is 3.45. The van der Waals surface area contributed by atoms with E-state index in [2.05, 4.69) is 20.3 Å². The molecule has 0 radical (unpaired) electrons. The summed E-state index contributed by atoms with van der Waals surface area (Å²) in [7, 11) is 0. The van der Waals surface area contributed by atoms with Crippen molar-refractivity contribution >= 4 is 33.1 Å². The van der Waals surface area contributed by atoms with Gasteiger partial charge in [0.25, 0.3) is 11.5 Å². The Bertz CT molecular complexity index is 1120. The van der Waals surface area contributed by atoms with Gasteiger partial charge in [-0.05, 0) is 23.8 Å². The number of amides is 1. The number of hydrogen-bond donors (Lipinski definition) is 1. The number of hydrogen-bond acceptors (Lipinski definition) is 6. The second-order valence-corrected chi connectivity index (χ2v) is 6.42. The molecule has 0 bridgehead atoms. The molecule has 0 fully saturated rings. The minimum absolute atomic E-state index is 0.253. The molecule has 0 aliphatic heterocycles. The smallest absolute Gasteiger partial charge is 0.263 e. The molecule has 7 nitrogen and oxygen atoms in total. The topological polar surface area (TPSA) is 89.8 Å². The van der Waals surface area contributed by atoms with Crippen LogP contribution in [0.3, 0.4) is 0 Å². The highest BCUT2D eigenvalue weighted by Crippen LogP contribution is 2.22. The Balaban J connectivity index is 1.71. The second-order valence-electron chi connectivity index (χ2n) is 5.56. The summed E-state index contributed by atoms with van der Waals surface area (Å²) >= 11 is 1.27. The van der Waals surface area contributed by atoms with E-state index in [0.717, 1.165) is 5.56 Å². The maximum Gasteiger partial charge on any atom is 0.263 e. The van der Waals surface area contributed by atoms with Crippen molar-refractivity contribution in [2.24, 2.45) is 0 Å². The molecule has 0 aliphatic carbocycles. The minimum atomic E-state index is -0.359. The summed E-state index contributed by atoms with van der Waals surface area (Å²) in [5, 5.41) is 4.73. The van der Waals surface area contributed by atoms with E-state index in [9.17, 15) is 9.59 Å². The number of anilines is 1. The Morgan fingerprint density at radius 3 is 2.69 bits per heavy atom. The summed E-state index contributed by atoms with van der Waals surface area (Å²) in [6, 6.07) is 7.15. The van der Waals surface area contributed by atoms with Gasteiger partial charge in [0.1, 0.15) is 4.83 Å². The Kier molecular flexibility index (Phi) is 4.24. The molecule has 8 heteroatoms. The Morgan fingerprint density at radius 1 is 1.15 bits per heavy atom. The van der Waals surface area contributed by atoms with Crippen LogP contribution in [0.15, 0.2) is 65.6 Å². The van der Waals surface area contributed by atoms with Gasteiger partial charge in [-0.3, -0.25) is 24.1 Å². The van der Waals surface area contributed by atoms with Crippen LogP contribution in [0.25, 0.3) is 10.2 Å². The van der Waals surface area contributed by atoms with Crippen LogP contribution >= 0.6 is 11.3 Å². The average molecular weight is 363 g/mol. The van der Waals surface area contributed by atoms with Crippen LogP contribution in [0, 0.1) is 0 Å². The summed E-state index contributed by atoms with van der Waals surface area (Å²) < 4.78 is 1.48. The van der Waals surface area contributed by atoms with Gasteiger partial charge in [-0.1, -0.05) is 6.07 Å². The molecule has 1 amide bonds. The maximum absolute atomic E-state index is 12.9. The zero-order chi connectivity index (χ0) is 17.9. The molecule has 0 saturated heterocycles. The predicted molar refractivity (Wildman–Crippen MR) is 99.4 cm³/mol. The molecule has 0 unspecified atom stereocenters. The van der Waals surface area contributed by atoms with E-state index in [4.69, 9.17) is 0 Å². The molecule has 0 saturated carbocycles. The fraction of sp³-hybridized carbons (Fsp3) is 0.0556. The highest BCUT2D eigenvalue weighted by Gasteiger charge is 2.17. The van der Waals surface area contributed by atoms with Crippen LogP contribution in [0.1, 0.15) is 15.9 Å². The summed E-state index contributed by atoms with van der Waals surface area (Å²) in [6.45, 7) is 0.342. The number of pyridine rings is 2. The SMILES string of the molecule is O=C(Nc1cccnc1)c1csc2ncn(Cc3cccnc3)c(=O)c12. The van der Waals surface area contributed by atoms with Crippen LogP contribution in [-0.2, 0) is 6.54 Å². The summed E-state index contributed by atoms with van der Waals surface area (Å²) in [6.07, 6.45) is 8.03. The van der Waals surface area contributed by atoms with Crippen LogP contribution < -0.4 is 10.9 Å². The highest BCUT2D eigenvalue weighted by molar-refractivity contribution is 7.17. The minimum Gasteiger partial charge on any atom is -0.321 e.